The van der Waals surface area contributed by atoms with Gasteiger partial charge in [-0.3, -0.25) is 0 Å². The SMILES string of the molecule is CCCC1CC(C)I(CC)C1. The van der Waals surface area contributed by atoms with Gasteiger partial charge in [-0.1, -0.05) is 0 Å². The van der Waals surface area contributed by atoms with E-state index in [1.807, 2.05) is 0 Å². The molecule has 1 saturated heterocycles. The molecule has 1 aliphatic heterocycles. The maximum atomic E-state index is 2.50. The van der Waals surface area contributed by atoms with Crippen LogP contribution in [0.25, 0.3) is 0 Å². The predicted octanol–water partition coefficient (Wildman–Crippen LogP) is 3.72. The molecule has 68 valence electrons. The molecule has 1 heteroatoms. The summed E-state index contributed by atoms with van der Waals surface area (Å²) in [5.41, 5.74) is 0. The number of rotatable bonds is 3. The van der Waals surface area contributed by atoms with E-state index in [4.69, 9.17) is 0 Å². The predicted molar refractivity (Wildman–Crippen MR) is 61.9 cm³/mol. The van der Waals surface area contributed by atoms with E-state index in [9.17, 15) is 0 Å². The van der Waals surface area contributed by atoms with Gasteiger partial charge in [0.2, 0.25) is 0 Å². The summed E-state index contributed by atoms with van der Waals surface area (Å²) in [7, 11) is 0. The van der Waals surface area contributed by atoms with Crippen LogP contribution in [0, 0.1) is 5.92 Å². The molecule has 1 fully saturated rings. The first kappa shape index (κ1) is 9.82. The van der Waals surface area contributed by atoms with Gasteiger partial charge in [-0.15, -0.1) is 0 Å². The molecule has 0 saturated carbocycles. The van der Waals surface area contributed by atoms with Crippen LogP contribution >= 0.6 is 19.8 Å². The minimum absolute atomic E-state index is 0.409. The fourth-order valence-electron chi connectivity index (χ4n) is 2.06. The molecule has 1 aliphatic rings. The van der Waals surface area contributed by atoms with Crippen molar-refractivity contribution in [2.75, 3.05) is 8.86 Å². The second-order valence-corrected chi connectivity index (χ2v) is 11.0. The van der Waals surface area contributed by atoms with Gasteiger partial charge in [-0.25, -0.2) is 0 Å². The molecule has 2 unspecified atom stereocenters. The zero-order valence-electron chi connectivity index (χ0n) is 8.07. The summed E-state index contributed by atoms with van der Waals surface area (Å²) in [6.45, 7) is 7.24. The van der Waals surface area contributed by atoms with Crippen molar-refractivity contribution in [3.63, 3.8) is 0 Å². The van der Waals surface area contributed by atoms with Crippen molar-refractivity contribution in [1.29, 1.82) is 0 Å². The molecule has 0 amide bonds. The molecular weight excluding hydrogens is 247 g/mol. The van der Waals surface area contributed by atoms with Crippen LogP contribution in [0.5, 0.6) is 0 Å². The van der Waals surface area contributed by atoms with Crippen LogP contribution in [0.4, 0.5) is 0 Å². The summed E-state index contributed by atoms with van der Waals surface area (Å²) in [6.07, 6.45) is 4.50. The Kier molecular flexibility index (Phi) is 4.18. The van der Waals surface area contributed by atoms with Crippen LogP contribution < -0.4 is 0 Å². The summed E-state index contributed by atoms with van der Waals surface area (Å²) in [6, 6.07) is 0. The molecule has 0 aromatic carbocycles. The average Bonchev–Trinajstić information content (AvgIpc) is 2.32. The van der Waals surface area contributed by atoms with Crippen molar-refractivity contribution in [3.05, 3.63) is 0 Å². The second-order valence-electron chi connectivity index (χ2n) is 3.59. The third-order valence-electron chi connectivity index (χ3n) is 2.64. The maximum absolute atomic E-state index is 2.50. The van der Waals surface area contributed by atoms with Crippen molar-refractivity contribution >= 4 is 19.8 Å². The molecule has 11 heavy (non-hydrogen) atoms. The van der Waals surface area contributed by atoms with Gasteiger partial charge < -0.3 is 0 Å². The van der Waals surface area contributed by atoms with Crippen LogP contribution in [-0.2, 0) is 0 Å². The van der Waals surface area contributed by atoms with Crippen LogP contribution in [-0.4, -0.2) is 12.8 Å². The molecule has 1 heterocycles. The first-order valence-corrected chi connectivity index (χ1v) is 9.17. The molecule has 0 radical (unpaired) electrons. The average molecular weight is 268 g/mol. The Hall–Kier alpha value is 0.730. The van der Waals surface area contributed by atoms with Crippen molar-refractivity contribution in [2.45, 2.75) is 44.0 Å². The fourth-order valence-corrected chi connectivity index (χ4v) is 8.89. The minimum atomic E-state index is -0.409. The Morgan fingerprint density at radius 3 is 2.55 bits per heavy atom. The van der Waals surface area contributed by atoms with Crippen molar-refractivity contribution < 1.29 is 0 Å². The van der Waals surface area contributed by atoms with Gasteiger partial charge in [0.15, 0.2) is 0 Å². The van der Waals surface area contributed by atoms with Crippen LogP contribution in [0.15, 0.2) is 0 Å². The van der Waals surface area contributed by atoms with E-state index in [-0.39, 0.29) is 0 Å². The van der Waals surface area contributed by atoms with E-state index in [0.29, 0.717) is 0 Å². The Morgan fingerprint density at radius 2 is 2.09 bits per heavy atom. The van der Waals surface area contributed by atoms with E-state index < -0.39 is 19.8 Å². The van der Waals surface area contributed by atoms with Crippen molar-refractivity contribution in [2.24, 2.45) is 5.92 Å². The molecular formula is C10H21I. The number of alkyl halides is 3. The molecule has 2 atom stereocenters. The summed E-state index contributed by atoms with van der Waals surface area (Å²) < 4.78 is 4.40. The van der Waals surface area contributed by atoms with Gasteiger partial charge in [-0.05, 0) is 0 Å². The van der Waals surface area contributed by atoms with Crippen LogP contribution in [0.1, 0.15) is 40.0 Å². The van der Waals surface area contributed by atoms with Gasteiger partial charge in [-0.2, -0.15) is 0 Å². The zero-order chi connectivity index (χ0) is 8.27. The molecule has 0 nitrogen and oxygen atoms in total. The Morgan fingerprint density at radius 1 is 1.36 bits per heavy atom. The topological polar surface area (TPSA) is 0 Å². The first-order valence-electron chi connectivity index (χ1n) is 4.88. The third kappa shape index (κ3) is 2.60. The van der Waals surface area contributed by atoms with Crippen LogP contribution in [0.2, 0.25) is 0 Å². The van der Waals surface area contributed by atoms with E-state index >= 15 is 0 Å². The normalized spacial score (nSPS) is 34.6. The standard InChI is InChI=1S/C10H21I/c1-4-6-10-7-9(3)11(5-2)8-10/h9-10H,4-8H2,1-3H3. The molecule has 0 aromatic rings. The number of hydrogen-bond acceptors (Lipinski definition) is 0. The number of halogens is 1. The van der Waals surface area contributed by atoms with E-state index in [1.54, 1.807) is 15.3 Å². The van der Waals surface area contributed by atoms with Crippen LogP contribution in [0.3, 0.4) is 0 Å². The zero-order valence-corrected chi connectivity index (χ0v) is 10.2. The van der Waals surface area contributed by atoms with Gasteiger partial charge in [0, 0.05) is 0 Å². The van der Waals surface area contributed by atoms with E-state index in [0.717, 1.165) is 5.92 Å². The van der Waals surface area contributed by atoms with Gasteiger partial charge in [0.05, 0.1) is 0 Å². The number of hydrogen-bond donors (Lipinski definition) is 0. The molecule has 0 N–H and O–H groups in total. The summed E-state index contributed by atoms with van der Waals surface area (Å²) in [5, 5.41) is 0. The molecule has 0 spiro atoms. The Bertz CT molecular complexity index is 111. The Balaban J connectivity index is 2.30. The molecule has 0 bridgehead atoms. The van der Waals surface area contributed by atoms with Gasteiger partial charge >= 0.3 is 78.6 Å². The van der Waals surface area contributed by atoms with Gasteiger partial charge in [0.25, 0.3) is 0 Å². The monoisotopic (exact) mass is 268 g/mol. The first-order chi connectivity index (χ1) is 5.27. The quantitative estimate of drug-likeness (QED) is 0.540. The second kappa shape index (κ2) is 4.68. The summed E-state index contributed by atoms with van der Waals surface area (Å²) in [4.78, 5) is 0. The van der Waals surface area contributed by atoms with E-state index in [1.165, 1.54) is 16.8 Å². The molecule has 0 aromatic heterocycles. The van der Waals surface area contributed by atoms with Gasteiger partial charge in [0.1, 0.15) is 0 Å². The summed E-state index contributed by atoms with van der Waals surface area (Å²) >= 11 is -0.409. The Labute approximate surface area is 78.5 Å². The molecule has 1 rings (SSSR count). The van der Waals surface area contributed by atoms with Crippen molar-refractivity contribution in [1.82, 2.24) is 0 Å². The third-order valence-corrected chi connectivity index (χ3v) is 10.5. The van der Waals surface area contributed by atoms with E-state index in [2.05, 4.69) is 20.8 Å². The fraction of sp³-hybridized carbons (Fsp3) is 1.00. The molecule has 0 aliphatic carbocycles. The summed E-state index contributed by atoms with van der Waals surface area (Å²) in [5.74, 6) is 1.14. The van der Waals surface area contributed by atoms with Crippen molar-refractivity contribution in [3.8, 4) is 0 Å².